The number of imidazole rings is 1. The van der Waals surface area contributed by atoms with E-state index in [1.54, 1.807) is 6.20 Å². The number of aromatic amines is 1. The Morgan fingerprint density at radius 1 is 1.42 bits per heavy atom. The predicted octanol–water partition coefficient (Wildman–Crippen LogP) is 2.35. The molecule has 134 valence electrons. The van der Waals surface area contributed by atoms with Gasteiger partial charge in [-0.15, -0.1) is 0 Å². The summed E-state index contributed by atoms with van der Waals surface area (Å²) in [5.74, 6) is 1.18. The Bertz CT molecular complexity index is 519. The average Bonchev–Trinajstić information content (AvgIpc) is 3.17. The quantitative estimate of drug-likeness (QED) is 0.898. The number of nitrogens with one attached hydrogen (secondary N) is 1. The van der Waals surface area contributed by atoms with Gasteiger partial charge in [0.1, 0.15) is 5.82 Å². The molecular weight excluding hydrogens is 304 g/mol. The monoisotopic (exact) mass is 334 g/mol. The topological polar surface area (TPSA) is 61.5 Å². The Morgan fingerprint density at radius 3 is 3.00 bits per heavy atom. The fourth-order valence-corrected chi connectivity index (χ4v) is 3.99. The number of ether oxygens (including phenoxy) is 1. The average molecular weight is 334 g/mol. The molecule has 3 unspecified atom stereocenters. The van der Waals surface area contributed by atoms with Crippen LogP contribution in [-0.4, -0.2) is 64.1 Å². The van der Waals surface area contributed by atoms with Crippen LogP contribution in [0.4, 0.5) is 0 Å². The van der Waals surface area contributed by atoms with E-state index in [9.17, 15) is 4.79 Å². The molecule has 6 heteroatoms. The third-order valence-corrected chi connectivity index (χ3v) is 5.36. The summed E-state index contributed by atoms with van der Waals surface area (Å²) in [6.07, 6.45) is 8.95. The van der Waals surface area contributed by atoms with Gasteiger partial charge in [-0.1, -0.05) is 13.8 Å². The Kier molecular flexibility index (Phi) is 5.89. The second-order valence-electron chi connectivity index (χ2n) is 6.84. The standard InChI is InChI=1S/C18H30N4O2/c1-3-14-13-21(11-12-24-14)15(4-2)18(23)22-10-6-5-7-16(22)17-19-8-9-20-17/h8-9,14-16H,3-7,10-13H2,1-2H3,(H,19,20). The zero-order valence-corrected chi connectivity index (χ0v) is 14.9. The first-order valence-corrected chi connectivity index (χ1v) is 9.40. The van der Waals surface area contributed by atoms with E-state index in [1.807, 2.05) is 6.20 Å². The van der Waals surface area contributed by atoms with Crippen LogP contribution in [-0.2, 0) is 9.53 Å². The molecule has 6 nitrogen and oxygen atoms in total. The van der Waals surface area contributed by atoms with Gasteiger partial charge in [0, 0.05) is 32.0 Å². The van der Waals surface area contributed by atoms with Gasteiger partial charge in [0.2, 0.25) is 5.91 Å². The summed E-state index contributed by atoms with van der Waals surface area (Å²) in [6.45, 7) is 7.53. The number of hydrogen-bond donors (Lipinski definition) is 1. The van der Waals surface area contributed by atoms with Crippen molar-refractivity contribution in [2.75, 3.05) is 26.2 Å². The number of piperidine rings is 1. The fraction of sp³-hybridized carbons (Fsp3) is 0.778. The van der Waals surface area contributed by atoms with Crippen LogP contribution in [0.15, 0.2) is 12.4 Å². The van der Waals surface area contributed by atoms with Crippen LogP contribution in [0.2, 0.25) is 0 Å². The largest absolute Gasteiger partial charge is 0.376 e. The molecule has 3 heterocycles. The molecule has 3 atom stereocenters. The van der Waals surface area contributed by atoms with Gasteiger partial charge in [-0.2, -0.15) is 0 Å². The van der Waals surface area contributed by atoms with Gasteiger partial charge < -0.3 is 14.6 Å². The lowest BCUT2D eigenvalue weighted by Gasteiger charge is -2.42. The number of nitrogens with zero attached hydrogens (tertiary/aromatic N) is 3. The van der Waals surface area contributed by atoms with E-state index in [2.05, 4.69) is 33.6 Å². The third kappa shape index (κ3) is 3.64. The molecule has 3 rings (SSSR count). The smallest absolute Gasteiger partial charge is 0.240 e. The van der Waals surface area contributed by atoms with Crippen LogP contribution in [0.25, 0.3) is 0 Å². The first-order chi connectivity index (χ1) is 11.7. The van der Waals surface area contributed by atoms with Crippen LogP contribution in [0.1, 0.15) is 57.8 Å². The van der Waals surface area contributed by atoms with Gasteiger partial charge in [-0.3, -0.25) is 9.69 Å². The predicted molar refractivity (Wildman–Crippen MR) is 92.6 cm³/mol. The van der Waals surface area contributed by atoms with E-state index in [0.717, 1.165) is 64.2 Å². The molecule has 0 spiro atoms. The number of H-pyrrole nitrogens is 1. The summed E-state index contributed by atoms with van der Waals surface area (Å²) in [4.78, 5) is 25.3. The Labute approximate surface area is 144 Å². The van der Waals surface area contributed by atoms with Crippen molar-refractivity contribution in [3.8, 4) is 0 Å². The van der Waals surface area contributed by atoms with Crippen molar-refractivity contribution in [3.05, 3.63) is 18.2 Å². The highest BCUT2D eigenvalue weighted by Gasteiger charge is 2.36. The minimum atomic E-state index is -0.0430. The number of aromatic nitrogens is 2. The van der Waals surface area contributed by atoms with Gasteiger partial charge in [0.05, 0.1) is 24.8 Å². The summed E-state index contributed by atoms with van der Waals surface area (Å²) in [6, 6.07) is 0.0526. The minimum Gasteiger partial charge on any atom is -0.376 e. The van der Waals surface area contributed by atoms with Crippen LogP contribution in [0.5, 0.6) is 0 Å². The first-order valence-electron chi connectivity index (χ1n) is 9.40. The van der Waals surface area contributed by atoms with Gasteiger partial charge in [0.15, 0.2) is 0 Å². The SMILES string of the molecule is CCC1CN(C(CC)C(=O)N2CCCCC2c2ncc[nH]2)CCO1. The van der Waals surface area contributed by atoms with E-state index in [0.29, 0.717) is 0 Å². The Hall–Kier alpha value is -1.40. The molecule has 0 aliphatic carbocycles. The van der Waals surface area contributed by atoms with Crippen molar-refractivity contribution < 1.29 is 9.53 Å². The summed E-state index contributed by atoms with van der Waals surface area (Å²) >= 11 is 0. The van der Waals surface area contributed by atoms with Crippen LogP contribution < -0.4 is 0 Å². The molecule has 2 aliphatic heterocycles. The second kappa shape index (κ2) is 8.12. The molecule has 2 saturated heterocycles. The van der Waals surface area contributed by atoms with Gasteiger partial charge in [-0.25, -0.2) is 4.98 Å². The number of carbonyl (C=O) groups excluding carboxylic acids is 1. The van der Waals surface area contributed by atoms with Gasteiger partial charge >= 0.3 is 0 Å². The van der Waals surface area contributed by atoms with E-state index in [4.69, 9.17) is 4.74 Å². The zero-order chi connectivity index (χ0) is 16.9. The highest BCUT2D eigenvalue weighted by Crippen LogP contribution is 2.30. The van der Waals surface area contributed by atoms with E-state index >= 15 is 0 Å². The lowest BCUT2D eigenvalue weighted by Crippen LogP contribution is -2.55. The molecule has 1 aromatic rings. The van der Waals surface area contributed by atoms with Gasteiger partial charge in [0.25, 0.3) is 0 Å². The molecule has 2 aliphatic rings. The third-order valence-electron chi connectivity index (χ3n) is 5.36. The Morgan fingerprint density at radius 2 is 2.29 bits per heavy atom. The molecule has 0 saturated carbocycles. The van der Waals surface area contributed by atoms with Crippen molar-refractivity contribution in [2.24, 2.45) is 0 Å². The number of likely N-dealkylation sites (tertiary alicyclic amines) is 1. The molecule has 0 aromatic carbocycles. The minimum absolute atomic E-state index is 0.0430. The van der Waals surface area contributed by atoms with E-state index in [-0.39, 0.29) is 24.1 Å². The number of carbonyl (C=O) groups is 1. The van der Waals surface area contributed by atoms with E-state index < -0.39 is 0 Å². The number of morpholine rings is 1. The van der Waals surface area contributed by atoms with Crippen molar-refractivity contribution in [3.63, 3.8) is 0 Å². The molecule has 2 fully saturated rings. The normalized spacial score (nSPS) is 27.2. The summed E-state index contributed by atoms with van der Waals surface area (Å²) in [5.41, 5.74) is 0. The van der Waals surface area contributed by atoms with Crippen LogP contribution in [0.3, 0.4) is 0 Å². The van der Waals surface area contributed by atoms with Crippen molar-refractivity contribution in [2.45, 2.75) is 64.1 Å². The maximum atomic E-state index is 13.3. The molecule has 24 heavy (non-hydrogen) atoms. The summed E-state index contributed by atoms with van der Waals surface area (Å²) in [5, 5.41) is 0. The maximum absolute atomic E-state index is 13.3. The number of amides is 1. The lowest BCUT2D eigenvalue weighted by molar-refractivity contribution is -0.144. The molecule has 1 aromatic heterocycles. The fourth-order valence-electron chi connectivity index (χ4n) is 3.99. The first kappa shape index (κ1) is 17.4. The highest BCUT2D eigenvalue weighted by atomic mass is 16.5. The number of hydrogen-bond acceptors (Lipinski definition) is 4. The van der Waals surface area contributed by atoms with Crippen molar-refractivity contribution >= 4 is 5.91 Å². The van der Waals surface area contributed by atoms with Crippen LogP contribution >= 0.6 is 0 Å². The summed E-state index contributed by atoms with van der Waals surface area (Å²) < 4.78 is 5.78. The zero-order valence-electron chi connectivity index (χ0n) is 14.9. The lowest BCUT2D eigenvalue weighted by atomic mass is 9.99. The van der Waals surface area contributed by atoms with Crippen molar-refractivity contribution in [1.29, 1.82) is 0 Å². The van der Waals surface area contributed by atoms with E-state index in [1.165, 1.54) is 0 Å². The Balaban J connectivity index is 1.74. The highest BCUT2D eigenvalue weighted by molar-refractivity contribution is 5.82. The molecule has 0 bridgehead atoms. The van der Waals surface area contributed by atoms with Crippen LogP contribution in [0, 0.1) is 0 Å². The van der Waals surface area contributed by atoms with Gasteiger partial charge in [-0.05, 0) is 32.1 Å². The molecular formula is C18H30N4O2. The molecule has 1 amide bonds. The second-order valence-corrected chi connectivity index (χ2v) is 6.84. The summed E-state index contributed by atoms with van der Waals surface area (Å²) in [7, 11) is 0. The maximum Gasteiger partial charge on any atom is 0.240 e. The molecule has 1 N–H and O–H groups in total. The van der Waals surface area contributed by atoms with Crippen molar-refractivity contribution in [1.82, 2.24) is 19.8 Å². The number of rotatable bonds is 5. The molecule has 0 radical (unpaired) electrons.